The van der Waals surface area contributed by atoms with Crippen LogP contribution >= 0.6 is 11.3 Å². The van der Waals surface area contributed by atoms with Gasteiger partial charge in [-0.05, 0) is 41.3 Å². The van der Waals surface area contributed by atoms with E-state index in [4.69, 9.17) is 14.9 Å². The zero-order chi connectivity index (χ0) is 23.1. The molecule has 0 spiro atoms. The number of rotatable bonds is 5. The van der Waals surface area contributed by atoms with Crippen LogP contribution in [0.3, 0.4) is 0 Å². The van der Waals surface area contributed by atoms with Gasteiger partial charge in [-0.15, -0.1) is 11.3 Å². The molecule has 1 amide bonds. The van der Waals surface area contributed by atoms with E-state index in [0.717, 1.165) is 9.44 Å². The van der Waals surface area contributed by atoms with E-state index in [1.165, 1.54) is 11.3 Å². The van der Waals surface area contributed by atoms with Gasteiger partial charge in [0.05, 0.1) is 18.6 Å². The van der Waals surface area contributed by atoms with Crippen LogP contribution < -0.4 is 11.5 Å². The van der Waals surface area contributed by atoms with E-state index in [1.54, 1.807) is 54.5 Å². The van der Waals surface area contributed by atoms with Gasteiger partial charge < -0.3 is 19.8 Å². The molecule has 168 valence electrons. The summed E-state index contributed by atoms with van der Waals surface area (Å²) in [6.45, 7) is 0.603. The molecule has 2 aromatic heterocycles. The van der Waals surface area contributed by atoms with Gasteiger partial charge in [-0.1, -0.05) is 24.3 Å². The van der Waals surface area contributed by atoms with Gasteiger partial charge in [-0.3, -0.25) is 9.59 Å². The van der Waals surface area contributed by atoms with Crippen molar-refractivity contribution >= 4 is 39.9 Å². The highest BCUT2D eigenvalue weighted by atomic mass is 32.1. The summed E-state index contributed by atoms with van der Waals surface area (Å²) in [5.41, 5.74) is 7.90. The van der Waals surface area contributed by atoms with Crippen molar-refractivity contribution in [2.24, 2.45) is 0 Å². The van der Waals surface area contributed by atoms with Crippen molar-refractivity contribution in [1.29, 1.82) is 0 Å². The van der Waals surface area contributed by atoms with Crippen molar-refractivity contribution in [2.45, 2.75) is 12.0 Å². The van der Waals surface area contributed by atoms with Crippen LogP contribution in [0, 0.1) is 0 Å². The molecule has 2 N–H and O–H groups in total. The third kappa shape index (κ3) is 3.46. The van der Waals surface area contributed by atoms with Crippen molar-refractivity contribution in [2.75, 3.05) is 26.0 Å². The lowest BCUT2D eigenvalue weighted by atomic mass is 9.81. The minimum absolute atomic E-state index is 0.182. The standard InChI is InChI=1S/C24H21N3O5S/c1-31-11-10-26-21(19-7-4-12-33-19)20(15-5-2-3-6-16(15)22(26)28)23(29)27-17-13-14(25)8-9-18(17)32-24(27)30/h2-9,12-13,20-21H,10-11,25H2,1H3. The number of fused-ring (bicyclic) bond motifs is 2. The summed E-state index contributed by atoms with van der Waals surface area (Å²) in [6, 6.07) is 14.9. The molecule has 1 aliphatic rings. The van der Waals surface area contributed by atoms with Gasteiger partial charge in [0.1, 0.15) is 5.52 Å². The van der Waals surface area contributed by atoms with Gasteiger partial charge in [0, 0.05) is 29.8 Å². The number of aromatic nitrogens is 1. The summed E-state index contributed by atoms with van der Waals surface area (Å²) in [6.07, 6.45) is 0. The van der Waals surface area contributed by atoms with E-state index < -0.39 is 23.6 Å². The van der Waals surface area contributed by atoms with Crippen LogP contribution in [-0.2, 0) is 4.74 Å². The molecule has 2 unspecified atom stereocenters. The number of carbonyl (C=O) groups is 2. The normalized spacial score (nSPS) is 18.0. The van der Waals surface area contributed by atoms with Crippen molar-refractivity contribution in [3.05, 3.63) is 86.5 Å². The summed E-state index contributed by atoms with van der Waals surface area (Å²) < 4.78 is 11.6. The minimum Gasteiger partial charge on any atom is -0.407 e. The average molecular weight is 464 g/mol. The zero-order valence-electron chi connectivity index (χ0n) is 17.8. The Bertz CT molecular complexity index is 1410. The molecule has 33 heavy (non-hydrogen) atoms. The second-order valence-corrected chi connectivity index (χ2v) is 8.76. The predicted octanol–water partition coefficient (Wildman–Crippen LogP) is 3.51. The Hall–Kier alpha value is -3.69. The molecule has 9 heteroatoms. The van der Waals surface area contributed by atoms with Crippen molar-refractivity contribution in [3.8, 4) is 0 Å². The monoisotopic (exact) mass is 463 g/mol. The Kier molecular flexibility index (Phi) is 5.35. The average Bonchev–Trinajstić information content (AvgIpc) is 3.45. The van der Waals surface area contributed by atoms with Crippen LogP contribution in [0.25, 0.3) is 11.1 Å². The number of nitrogens with zero attached hydrogens (tertiary/aromatic N) is 2. The van der Waals surface area contributed by atoms with Crippen LogP contribution in [0.5, 0.6) is 0 Å². The molecule has 5 rings (SSSR count). The van der Waals surface area contributed by atoms with Crippen molar-refractivity contribution in [1.82, 2.24) is 9.47 Å². The van der Waals surface area contributed by atoms with Crippen LogP contribution in [-0.4, -0.2) is 41.5 Å². The van der Waals surface area contributed by atoms with E-state index >= 15 is 0 Å². The number of oxazole rings is 1. The highest BCUT2D eigenvalue weighted by Gasteiger charge is 2.45. The fourth-order valence-corrected chi connectivity index (χ4v) is 5.33. The van der Waals surface area contributed by atoms with Crippen LogP contribution in [0.2, 0.25) is 0 Å². The molecule has 0 saturated heterocycles. The van der Waals surface area contributed by atoms with Gasteiger partial charge in [-0.2, -0.15) is 0 Å². The maximum atomic E-state index is 14.1. The summed E-state index contributed by atoms with van der Waals surface area (Å²) in [4.78, 5) is 42.9. The van der Waals surface area contributed by atoms with Gasteiger partial charge in [0.2, 0.25) is 5.91 Å². The molecular weight excluding hydrogens is 442 g/mol. The van der Waals surface area contributed by atoms with Crippen LogP contribution in [0.4, 0.5) is 5.69 Å². The Balaban J connectivity index is 1.74. The number of hydrogen-bond acceptors (Lipinski definition) is 7. The molecule has 0 saturated carbocycles. The molecule has 0 aliphatic carbocycles. The molecule has 0 radical (unpaired) electrons. The first-order valence-corrected chi connectivity index (χ1v) is 11.3. The number of carbonyl (C=O) groups excluding carboxylic acids is 2. The molecule has 1 aliphatic heterocycles. The first-order valence-electron chi connectivity index (χ1n) is 10.4. The maximum absolute atomic E-state index is 14.1. The fraction of sp³-hybridized carbons (Fsp3) is 0.208. The van der Waals surface area contributed by atoms with Gasteiger partial charge >= 0.3 is 5.76 Å². The topological polar surface area (TPSA) is 108 Å². The predicted molar refractivity (Wildman–Crippen MR) is 125 cm³/mol. The molecule has 4 aromatic rings. The number of hydrogen-bond donors (Lipinski definition) is 1. The molecule has 0 fully saturated rings. The second kappa shape index (κ2) is 8.34. The lowest BCUT2D eigenvalue weighted by molar-refractivity contribution is 0.0494. The van der Waals surface area contributed by atoms with E-state index in [-0.39, 0.29) is 11.5 Å². The SMILES string of the molecule is COCCN1C(=O)c2ccccc2C(C(=O)n2c(=O)oc3ccc(N)cc32)C1c1cccs1. The third-order valence-electron chi connectivity index (χ3n) is 5.90. The summed E-state index contributed by atoms with van der Waals surface area (Å²) in [5, 5.41) is 1.90. The first kappa shape index (κ1) is 21.2. The number of methoxy groups -OCH3 is 1. The van der Waals surface area contributed by atoms with E-state index in [2.05, 4.69) is 0 Å². The second-order valence-electron chi connectivity index (χ2n) is 7.79. The van der Waals surface area contributed by atoms with E-state index in [0.29, 0.717) is 35.5 Å². The molecule has 8 nitrogen and oxygen atoms in total. The number of anilines is 1. The maximum Gasteiger partial charge on any atom is 0.426 e. The zero-order valence-corrected chi connectivity index (χ0v) is 18.6. The highest BCUT2D eigenvalue weighted by Crippen LogP contribution is 2.45. The largest absolute Gasteiger partial charge is 0.426 e. The van der Waals surface area contributed by atoms with Gasteiger partial charge in [0.25, 0.3) is 5.91 Å². The number of benzene rings is 2. The Labute approximate surface area is 192 Å². The lowest BCUT2D eigenvalue weighted by Crippen LogP contribution is -2.47. The Morgan fingerprint density at radius 3 is 2.73 bits per heavy atom. The smallest absolute Gasteiger partial charge is 0.407 e. The fourth-order valence-electron chi connectivity index (χ4n) is 4.45. The van der Waals surface area contributed by atoms with E-state index in [1.807, 2.05) is 17.5 Å². The molecule has 3 heterocycles. The summed E-state index contributed by atoms with van der Waals surface area (Å²) in [5.74, 6) is -2.28. The number of nitrogens with two attached hydrogens (primary N) is 1. The number of ether oxygens (including phenoxy) is 1. The van der Waals surface area contributed by atoms with Crippen molar-refractivity contribution < 1.29 is 18.7 Å². The third-order valence-corrected chi connectivity index (χ3v) is 6.84. The molecular formula is C24H21N3O5S. The minimum atomic E-state index is -0.825. The highest BCUT2D eigenvalue weighted by molar-refractivity contribution is 7.10. The molecule has 0 bridgehead atoms. The summed E-state index contributed by atoms with van der Waals surface area (Å²) in [7, 11) is 1.56. The first-order chi connectivity index (χ1) is 16.0. The quantitative estimate of drug-likeness (QED) is 0.454. The van der Waals surface area contributed by atoms with Crippen molar-refractivity contribution in [3.63, 3.8) is 0 Å². The number of nitrogen functional groups attached to an aromatic ring is 1. The lowest BCUT2D eigenvalue weighted by Gasteiger charge is -2.41. The van der Waals surface area contributed by atoms with E-state index in [9.17, 15) is 14.4 Å². The summed E-state index contributed by atoms with van der Waals surface area (Å²) >= 11 is 1.45. The number of amides is 1. The van der Waals surface area contributed by atoms with Gasteiger partial charge in [0.15, 0.2) is 5.58 Å². The number of thiophene rings is 1. The Morgan fingerprint density at radius 1 is 1.15 bits per heavy atom. The Morgan fingerprint density at radius 2 is 1.97 bits per heavy atom. The van der Waals surface area contributed by atoms with Crippen LogP contribution in [0.1, 0.15) is 37.6 Å². The molecule has 2 aromatic carbocycles. The van der Waals surface area contributed by atoms with Crippen LogP contribution in [0.15, 0.2) is 69.2 Å². The van der Waals surface area contributed by atoms with Gasteiger partial charge in [-0.25, -0.2) is 9.36 Å². The molecule has 2 atom stereocenters.